The molecule has 1 amide bonds. The Bertz CT molecular complexity index is 1190. The molecule has 3 rings (SSSR count). The van der Waals surface area contributed by atoms with Crippen LogP contribution in [0.25, 0.3) is 11.1 Å². The van der Waals surface area contributed by atoms with E-state index in [1.54, 1.807) is 0 Å². The number of hydrogen-bond donors (Lipinski definition) is 1. The van der Waals surface area contributed by atoms with Gasteiger partial charge in [0.2, 0.25) is 0 Å². The quantitative estimate of drug-likeness (QED) is 0.0823. The number of rotatable bonds is 34. The number of esters is 1. The monoisotopic (exact) mass is 751 g/mol. The zero-order valence-corrected chi connectivity index (χ0v) is 31.0. The van der Waals surface area contributed by atoms with E-state index in [4.69, 9.17) is 52.1 Å². The van der Waals surface area contributed by atoms with E-state index in [0.29, 0.717) is 132 Å². The average Bonchev–Trinajstić information content (AvgIpc) is 3.50. The van der Waals surface area contributed by atoms with Gasteiger partial charge in [-0.3, -0.25) is 0 Å². The third kappa shape index (κ3) is 20.2. The van der Waals surface area contributed by atoms with Gasteiger partial charge in [-0.2, -0.15) is 0 Å². The SMILES string of the molecule is COC(=O)COCCOCCOCCOCCOCCOCCOCCOCCOCCOCCNC(=O)OCC1c2ccccc2-c2ccccc21. The highest BCUT2D eigenvalue weighted by atomic mass is 16.6. The fraction of sp³-hybridized carbons (Fsp3) is 0.632. The third-order valence-electron chi connectivity index (χ3n) is 7.66. The predicted octanol–water partition coefficient (Wildman–Crippen LogP) is 2.86. The molecule has 2 aromatic carbocycles. The van der Waals surface area contributed by atoms with Crippen molar-refractivity contribution < 1.29 is 66.4 Å². The van der Waals surface area contributed by atoms with E-state index < -0.39 is 12.1 Å². The fourth-order valence-corrected chi connectivity index (χ4v) is 5.07. The number of fused-ring (bicyclic) bond motifs is 3. The van der Waals surface area contributed by atoms with Gasteiger partial charge in [0.1, 0.15) is 13.2 Å². The number of alkyl carbamates (subject to hydrolysis) is 1. The molecular weight excluding hydrogens is 694 g/mol. The fourth-order valence-electron chi connectivity index (χ4n) is 5.07. The molecule has 0 aliphatic heterocycles. The van der Waals surface area contributed by atoms with Crippen molar-refractivity contribution in [2.75, 3.05) is 152 Å². The van der Waals surface area contributed by atoms with Gasteiger partial charge in [-0.1, -0.05) is 48.5 Å². The lowest BCUT2D eigenvalue weighted by atomic mass is 9.98. The zero-order valence-electron chi connectivity index (χ0n) is 31.0. The van der Waals surface area contributed by atoms with Gasteiger partial charge in [0, 0.05) is 12.5 Å². The molecule has 2 aromatic rings. The summed E-state index contributed by atoms with van der Waals surface area (Å²) in [7, 11) is 1.31. The number of carbonyl (C=O) groups is 2. The van der Waals surface area contributed by atoms with Crippen LogP contribution in [-0.2, 0) is 61.6 Å². The van der Waals surface area contributed by atoms with Gasteiger partial charge in [-0.25, -0.2) is 9.59 Å². The van der Waals surface area contributed by atoms with Crippen molar-refractivity contribution in [3.05, 3.63) is 59.7 Å². The number of carbonyl (C=O) groups excluding carboxylic acids is 2. The first kappa shape index (κ1) is 44.2. The lowest BCUT2D eigenvalue weighted by Gasteiger charge is -2.14. The van der Waals surface area contributed by atoms with Crippen LogP contribution in [0.15, 0.2) is 48.5 Å². The van der Waals surface area contributed by atoms with E-state index in [1.807, 2.05) is 24.3 Å². The molecule has 0 atom stereocenters. The molecule has 298 valence electrons. The van der Waals surface area contributed by atoms with Crippen LogP contribution in [0.2, 0.25) is 0 Å². The maximum Gasteiger partial charge on any atom is 0.407 e. The Morgan fingerprint density at radius 2 is 0.830 bits per heavy atom. The molecule has 1 aliphatic carbocycles. The van der Waals surface area contributed by atoms with Gasteiger partial charge in [0.15, 0.2) is 0 Å². The van der Waals surface area contributed by atoms with E-state index in [1.165, 1.54) is 29.4 Å². The first-order valence-electron chi connectivity index (χ1n) is 18.1. The van der Waals surface area contributed by atoms with Crippen LogP contribution < -0.4 is 5.32 Å². The molecule has 0 unspecified atom stereocenters. The highest BCUT2D eigenvalue weighted by Gasteiger charge is 2.28. The van der Waals surface area contributed by atoms with Crippen LogP contribution in [0.1, 0.15) is 17.0 Å². The van der Waals surface area contributed by atoms with E-state index in [2.05, 4.69) is 34.3 Å². The Morgan fingerprint density at radius 3 is 1.21 bits per heavy atom. The minimum absolute atomic E-state index is 0.0335. The highest BCUT2D eigenvalue weighted by molar-refractivity contribution is 5.79. The molecule has 0 radical (unpaired) electrons. The maximum atomic E-state index is 12.2. The second-order valence-electron chi connectivity index (χ2n) is 11.4. The molecule has 0 bridgehead atoms. The topological polar surface area (TPSA) is 157 Å². The molecule has 0 saturated heterocycles. The minimum atomic E-state index is -0.456. The van der Waals surface area contributed by atoms with Crippen molar-refractivity contribution in [1.82, 2.24) is 5.32 Å². The molecule has 0 fully saturated rings. The van der Waals surface area contributed by atoms with Crippen LogP contribution in [0.3, 0.4) is 0 Å². The second kappa shape index (κ2) is 30.1. The molecular formula is C38H57NO14. The summed E-state index contributed by atoms with van der Waals surface area (Å²) >= 11 is 0. The van der Waals surface area contributed by atoms with E-state index >= 15 is 0 Å². The molecule has 15 nitrogen and oxygen atoms in total. The number of benzene rings is 2. The van der Waals surface area contributed by atoms with E-state index in [0.717, 1.165) is 0 Å². The van der Waals surface area contributed by atoms with Crippen LogP contribution >= 0.6 is 0 Å². The third-order valence-corrected chi connectivity index (χ3v) is 7.66. The van der Waals surface area contributed by atoms with Crippen molar-refractivity contribution >= 4 is 12.1 Å². The summed E-state index contributed by atoms with van der Waals surface area (Å²) in [6.45, 7) is 9.05. The number of ether oxygens (including phenoxy) is 12. The number of hydrogen-bond acceptors (Lipinski definition) is 14. The molecule has 15 heteroatoms. The van der Waals surface area contributed by atoms with Crippen molar-refractivity contribution in [3.8, 4) is 11.1 Å². The first-order valence-corrected chi connectivity index (χ1v) is 18.1. The Labute approximate surface area is 312 Å². The van der Waals surface area contributed by atoms with Gasteiger partial charge in [-0.15, -0.1) is 0 Å². The van der Waals surface area contributed by atoms with Crippen LogP contribution in [0.5, 0.6) is 0 Å². The van der Waals surface area contributed by atoms with Gasteiger partial charge in [-0.05, 0) is 22.3 Å². The number of nitrogens with one attached hydrogen (secondary N) is 1. The largest absolute Gasteiger partial charge is 0.467 e. The summed E-state index contributed by atoms with van der Waals surface area (Å²) in [5.41, 5.74) is 4.76. The normalized spacial score (nSPS) is 12.1. The van der Waals surface area contributed by atoms with Crippen molar-refractivity contribution in [2.24, 2.45) is 0 Å². The minimum Gasteiger partial charge on any atom is -0.467 e. The van der Waals surface area contributed by atoms with Gasteiger partial charge in [0.25, 0.3) is 0 Å². The summed E-state index contributed by atoms with van der Waals surface area (Å²) in [6.07, 6.45) is -0.456. The summed E-state index contributed by atoms with van der Waals surface area (Å²) in [5.74, 6) is -0.378. The molecule has 0 saturated carbocycles. The van der Waals surface area contributed by atoms with Gasteiger partial charge < -0.3 is 62.2 Å². The zero-order chi connectivity index (χ0) is 37.4. The standard InChI is InChI=1S/C38H57NO14/c1-42-37(40)31-52-29-28-51-27-26-50-25-24-49-23-22-48-21-20-47-19-18-46-17-16-45-15-14-44-13-12-43-11-10-39-38(41)53-30-36-34-8-4-2-6-32(34)33-7-3-5-9-35(33)36/h2-9,36H,10-31H2,1H3,(H,39,41). The maximum absolute atomic E-state index is 12.2. The first-order chi connectivity index (χ1) is 26.2. The molecule has 53 heavy (non-hydrogen) atoms. The smallest absolute Gasteiger partial charge is 0.407 e. The molecule has 1 N–H and O–H groups in total. The summed E-state index contributed by atoms with van der Waals surface area (Å²) in [6, 6.07) is 16.5. The van der Waals surface area contributed by atoms with Crippen molar-refractivity contribution in [3.63, 3.8) is 0 Å². The summed E-state index contributed by atoms with van der Waals surface area (Å²) in [4.78, 5) is 23.1. The van der Waals surface area contributed by atoms with Gasteiger partial charge in [0.05, 0.1) is 133 Å². The van der Waals surface area contributed by atoms with Crippen molar-refractivity contribution in [1.29, 1.82) is 0 Å². The van der Waals surface area contributed by atoms with Crippen LogP contribution in [-0.4, -0.2) is 164 Å². The molecule has 0 heterocycles. The van der Waals surface area contributed by atoms with Crippen LogP contribution in [0.4, 0.5) is 4.79 Å². The predicted molar refractivity (Wildman–Crippen MR) is 193 cm³/mol. The molecule has 1 aliphatic rings. The van der Waals surface area contributed by atoms with Crippen LogP contribution in [0, 0.1) is 0 Å². The Morgan fingerprint density at radius 1 is 0.491 bits per heavy atom. The lowest BCUT2D eigenvalue weighted by Crippen LogP contribution is -2.29. The Kier molecular flexibility index (Phi) is 25.1. The molecule has 0 spiro atoms. The lowest BCUT2D eigenvalue weighted by molar-refractivity contribution is -0.146. The Hall–Kier alpha value is -3.22. The number of methoxy groups -OCH3 is 1. The van der Waals surface area contributed by atoms with E-state index in [-0.39, 0.29) is 19.1 Å². The summed E-state index contributed by atoms with van der Waals surface area (Å²) in [5, 5.41) is 2.74. The Balaban J connectivity index is 0.956. The van der Waals surface area contributed by atoms with E-state index in [9.17, 15) is 9.59 Å². The second-order valence-corrected chi connectivity index (χ2v) is 11.4. The van der Waals surface area contributed by atoms with Crippen molar-refractivity contribution in [2.45, 2.75) is 5.92 Å². The van der Waals surface area contributed by atoms with Gasteiger partial charge >= 0.3 is 12.1 Å². The average molecular weight is 752 g/mol. The number of amides is 1. The highest BCUT2D eigenvalue weighted by Crippen LogP contribution is 2.44. The molecule has 0 aromatic heterocycles. The summed E-state index contributed by atoms with van der Waals surface area (Å²) < 4.78 is 64.2.